The van der Waals surface area contributed by atoms with Gasteiger partial charge in [-0.2, -0.15) is 13.2 Å². The zero-order valence-corrected chi connectivity index (χ0v) is 16.7. The van der Waals surface area contributed by atoms with Gasteiger partial charge in [-0.15, -0.1) is 11.3 Å². The monoisotopic (exact) mass is 422 g/mol. The van der Waals surface area contributed by atoms with Crippen LogP contribution in [0, 0.1) is 6.92 Å². The van der Waals surface area contributed by atoms with E-state index in [1.54, 1.807) is 13.8 Å². The van der Waals surface area contributed by atoms with Gasteiger partial charge in [0.15, 0.2) is 0 Å². The van der Waals surface area contributed by atoms with E-state index in [2.05, 4.69) is 17.0 Å². The highest BCUT2D eigenvalue weighted by Crippen LogP contribution is 2.31. The maximum absolute atomic E-state index is 12.7. The molecule has 1 N–H and O–H groups in total. The molecule has 2 aromatic heterocycles. The predicted molar refractivity (Wildman–Crippen MR) is 105 cm³/mol. The Bertz CT molecular complexity index is 931. The minimum Gasteiger partial charge on any atom is -0.310 e. The summed E-state index contributed by atoms with van der Waals surface area (Å²) in [5, 5.41) is 3.58. The standard InChI is InChI=1S/C16H21F3N4O2S2/c1-4-22-13(24)12-10(2)11(9-21-6-5-20-3)27-14(12)23(15(22)25)7-8-26-16(17,18)19/h21H,3-9H2,1-2H3. The van der Waals surface area contributed by atoms with E-state index in [1.165, 1.54) is 15.9 Å². The molecule has 0 aliphatic carbocycles. The van der Waals surface area contributed by atoms with Crippen LogP contribution in [0.25, 0.3) is 10.2 Å². The third-order valence-electron chi connectivity index (χ3n) is 4.02. The summed E-state index contributed by atoms with van der Waals surface area (Å²) in [5.41, 5.74) is -4.58. The Morgan fingerprint density at radius 2 is 2.00 bits per heavy atom. The van der Waals surface area contributed by atoms with Crippen LogP contribution in [0.3, 0.4) is 0 Å². The average Bonchev–Trinajstić information content (AvgIpc) is 2.91. The molecule has 0 spiro atoms. The molecule has 11 heteroatoms. The van der Waals surface area contributed by atoms with Crippen molar-refractivity contribution in [1.29, 1.82) is 0 Å². The molecule has 0 aromatic carbocycles. The van der Waals surface area contributed by atoms with E-state index < -0.39 is 16.8 Å². The number of nitrogens with one attached hydrogen (secondary N) is 1. The largest absolute Gasteiger partial charge is 0.441 e. The lowest BCUT2D eigenvalue weighted by Crippen LogP contribution is -2.39. The van der Waals surface area contributed by atoms with Gasteiger partial charge in [0.2, 0.25) is 0 Å². The molecule has 0 unspecified atom stereocenters. The first-order valence-corrected chi connectivity index (χ1v) is 10.1. The van der Waals surface area contributed by atoms with Gasteiger partial charge in [0, 0.05) is 36.8 Å². The number of thioether (sulfide) groups is 1. The summed E-state index contributed by atoms with van der Waals surface area (Å²) < 4.78 is 39.7. The lowest BCUT2D eigenvalue weighted by Gasteiger charge is -2.11. The maximum Gasteiger partial charge on any atom is 0.441 e. The number of aryl methyl sites for hydroxylation is 2. The molecule has 0 aliphatic heterocycles. The molecule has 2 aromatic rings. The van der Waals surface area contributed by atoms with E-state index >= 15 is 0 Å². The number of aromatic nitrogens is 2. The van der Waals surface area contributed by atoms with Crippen molar-refractivity contribution in [3.63, 3.8) is 0 Å². The third kappa shape index (κ3) is 5.02. The van der Waals surface area contributed by atoms with Crippen LogP contribution in [0.2, 0.25) is 0 Å². The summed E-state index contributed by atoms with van der Waals surface area (Å²) in [6, 6.07) is 0. The Morgan fingerprint density at radius 1 is 1.30 bits per heavy atom. The van der Waals surface area contributed by atoms with Crippen molar-refractivity contribution in [3.05, 3.63) is 31.3 Å². The second kappa shape index (κ2) is 9.07. The van der Waals surface area contributed by atoms with Gasteiger partial charge in [-0.05, 0) is 37.9 Å². The fourth-order valence-electron chi connectivity index (χ4n) is 2.70. The molecule has 27 heavy (non-hydrogen) atoms. The zero-order valence-electron chi connectivity index (χ0n) is 15.1. The number of fused-ring (bicyclic) bond motifs is 1. The fourth-order valence-corrected chi connectivity index (χ4v) is 4.49. The molecule has 0 saturated carbocycles. The van der Waals surface area contributed by atoms with Crippen molar-refractivity contribution in [3.8, 4) is 0 Å². The van der Waals surface area contributed by atoms with Crippen molar-refractivity contribution in [2.45, 2.75) is 39.0 Å². The zero-order chi connectivity index (χ0) is 20.2. The van der Waals surface area contributed by atoms with E-state index in [0.29, 0.717) is 29.9 Å². The van der Waals surface area contributed by atoms with Gasteiger partial charge in [-0.3, -0.25) is 18.9 Å². The van der Waals surface area contributed by atoms with Gasteiger partial charge in [0.25, 0.3) is 5.56 Å². The molecule has 0 fully saturated rings. The molecule has 0 aliphatic rings. The predicted octanol–water partition coefficient (Wildman–Crippen LogP) is 2.60. The normalized spacial score (nSPS) is 12.0. The van der Waals surface area contributed by atoms with Crippen LogP contribution in [0.5, 0.6) is 0 Å². The number of hydrogen-bond donors (Lipinski definition) is 1. The summed E-state index contributed by atoms with van der Waals surface area (Å²) in [7, 11) is 0. The average molecular weight is 422 g/mol. The van der Waals surface area contributed by atoms with E-state index in [9.17, 15) is 22.8 Å². The molecule has 2 heterocycles. The van der Waals surface area contributed by atoms with Gasteiger partial charge in [-0.25, -0.2) is 4.79 Å². The van der Waals surface area contributed by atoms with Gasteiger partial charge in [-0.1, -0.05) is 0 Å². The number of nitrogens with zero attached hydrogens (tertiary/aromatic N) is 3. The van der Waals surface area contributed by atoms with E-state index in [0.717, 1.165) is 15.0 Å². The van der Waals surface area contributed by atoms with Crippen molar-refractivity contribution >= 4 is 40.0 Å². The summed E-state index contributed by atoms with van der Waals surface area (Å²) >= 11 is 1.09. The molecule has 0 radical (unpaired) electrons. The highest BCUT2D eigenvalue weighted by atomic mass is 32.2. The van der Waals surface area contributed by atoms with Crippen LogP contribution in [0.4, 0.5) is 13.2 Å². The molecule has 0 bridgehead atoms. The number of halogens is 3. The smallest absolute Gasteiger partial charge is 0.310 e. The molecular weight excluding hydrogens is 401 g/mol. The minimum atomic E-state index is -4.36. The van der Waals surface area contributed by atoms with Crippen LogP contribution in [-0.2, 0) is 19.6 Å². The summed E-state index contributed by atoms with van der Waals surface area (Å²) in [6.07, 6.45) is 0. The number of thiophene rings is 1. The highest BCUT2D eigenvalue weighted by Gasteiger charge is 2.28. The minimum absolute atomic E-state index is 0.118. The van der Waals surface area contributed by atoms with Crippen molar-refractivity contribution < 1.29 is 13.2 Å². The first-order valence-electron chi connectivity index (χ1n) is 8.30. The van der Waals surface area contributed by atoms with Crippen LogP contribution in [-0.4, -0.2) is 40.2 Å². The number of hydrogen-bond acceptors (Lipinski definition) is 6. The van der Waals surface area contributed by atoms with Crippen LogP contribution in [0.15, 0.2) is 14.6 Å². The molecule has 2 rings (SSSR count). The lowest BCUT2D eigenvalue weighted by molar-refractivity contribution is -0.0328. The SMILES string of the molecule is C=NCCNCc1sc2c(c1C)c(=O)n(CC)c(=O)n2CCSC(F)(F)F. The molecule has 150 valence electrons. The van der Waals surface area contributed by atoms with Crippen LogP contribution in [0.1, 0.15) is 17.4 Å². The van der Waals surface area contributed by atoms with Gasteiger partial charge in [0.05, 0.1) is 11.9 Å². The van der Waals surface area contributed by atoms with Gasteiger partial charge >= 0.3 is 11.2 Å². The number of rotatable bonds is 9. The van der Waals surface area contributed by atoms with E-state index in [-0.39, 0.29) is 30.6 Å². The number of alkyl halides is 3. The Balaban J connectivity index is 2.48. The quantitative estimate of drug-likeness (QED) is 0.498. The Morgan fingerprint density at radius 3 is 2.59 bits per heavy atom. The molecule has 0 atom stereocenters. The molecular formula is C16H21F3N4O2S2. The van der Waals surface area contributed by atoms with Gasteiger partial charge < -0.3 is 5.32 Å². The summed E-state index contributed by atoms with van der Waals surface area (Å²) in [6.45, 7) is 8.55. The highest BCUT2D eigenvalue weighted by molar-refractivity contribution is 8.00. The first kappa shape index (κ1) is 21.7. The van der Waals surface area contributed by atoms with Crippen molar-refractivity contribution in [2.75, 3.05) is 18.8 Å². The molecule has 0 amide bonds. The van der Waals surface area contributed by atoms with Crippen LogP contribution < -0.4 is 16.6 Å². The second-order valence-corrected chi connectivity index (χ2v) is 7.98. The summed E-state index contributed by atoms with van der Waals surface area (Å²) in [5.74, 6) is -0.296. The van der Waals surface area contributed by atoms with Crippen molar-refractivity contribution in [2.24, 2.45) is 4.99 Å². The lowest BCUT2D eigenvalue weighted by atomic mass is 10.2. The topological polar surface area (TPSA) is 68.4 Å². The third-order valence-corrected chi connectivity index (χ3v) is 6.05. The Hall–Kier alpha value is -1.59. The Kier molecular flexibility index (Phi) is 7.29. The Labute approximate surface area is 162 Å². The van der Waals surface area contributed by atoms with E-state index in [1.807, 2.05) is 0 Å². The first-order chi connectivity index (χ1) is 12.7. The second-order valence-electron chi connectivity index (χ2n) is 5.73. The maximum atomic E-state index is 12.7. The van der Waals surface area contributed by atoms with Gasteiger partial charge in [0.1, 0.15) is 4.83 Å². The summed E-state index contributed by atoms with van der Waals surface area (Å²) in [4.78, 5) is 30.4. The fraction of sp³-hybridized carbons (Fsp3) is 0.562. The van der Waals surface area contributed by atoms with Crippen molar-refractivity contribution in [1.82, 2.24) is 14.5 Å². The molecule has 0 saturated heterocycles. The van der Waals surface area contributed by atoms with Crippen LogP contribution >= 0.6 is 23.1 Å². The molecule has 6 nitrogen and oxygen atoms in total. The number of aliphatic imine (C=N–C) groups is 1. The van der Waals surface area contributed by atoms with E-state index in [4.69, 9.17) is 0 Å².